The minimum atomic E-state index is -3.49. The van der Waals surface area contributed by atoms with E-state index in [4.69, 9.17) is 4.74 Å². The SMILES string of the molecule is Cc1cccc(S(=O)(=O)NCC2(N3CCOCC3)CCN(C)CC2)c1. The number of nitrogens with zero attached hydrogens (tertiary/aromatic N) is 2. The molecule has 0 saturated carbocycles. The van der Waals surface area contributed by atoms with Crippen LogP contribution in [0.1, 0.15) is 18.4 Å². The number of morpholine rings is 1. The molecule has 2 saturated heterocycles. The first-order valence-corrected chi connectivity index (χ1v) is 10.5. The fourth-order valence-corrected chi connectivity index (χ4v) is 5.00. The second-order valence-electron chi connectivity index (χ2n) is 7.27. The topological polar surface area (TPSA) is 61.9 Å². The van der Waals surface area contributed by atoms with Gasteiger partial charge in [0.25, 0.3) is 0 Å². The normalized spacial score (nSPS) is 22.8. The first kappa shape index (κ1) is 18.8. The summed E-state index contributed by atoms with van der Waals surface area (Å²) in [4.78, 5) is 5.09. The van der Waals surface area contributed by atoms with E-state index in [1.807, 2.05) is 13.0 Å². The van der Waals surface area contributed by atoms with Crippen molar-refractivity contribution in [2.24, 2.45) is 0 Å². The van der Waals surface area contributed by atoms with Crippen LogP contribution in [0.3, 0.4) is 0 Å². The van der Waals surface area contributed by atoms with Crippen molar-refractivity contribution < 1.29 is 13.2 Å². The summed E-state index contributed by atoms with van der Waals surface area (Å²) >= 11 is 0. The molecular formula is C18H29N3O3S. The zero-order chi connectivity index (χ0) is 17.9. The molecule has 0 unspecified atom stereocenters. The molecule has 140 valence electrons. The summed E-state index contributed by atoms with van der Waals surface area (Å²) in [6, 6.07) is 7.08. The lowest BCUT2D eigenvalue weighted by Crippen LogP contribution is -2.62. The molecule has 0 amide bonds. The predicted molar refractivity (Wildman–Crippen MR) is 98.2 cm³/mol. The zero-order valence-corrected chi connectivity index (χ0v) is 16.0. The predicted octanol–water partition coefficient (Wildman–Crippen LogP) is 1.07. The average Bonchev–Trinajstić information content (AvgIpc) is 2.62. The number of piperidine rings is 1. The molecule has 2 heterocycles. The third-order valence-corrected chi connectivity index (χ3v) is 6.89. The third-order valence-electron chi connectivity index (χ3n) is 5.49. The molecule has 25 heavy (non-hydrogen) atoms. The van der Waals surface area contributed by atoms with E-state index in [1.165, 1.54) is 0 Å². The van der Waals surface area contributed by atoms with Crippen molar-refractivity contribution in [3.63, 3.8) is 0 Å². The number of rotatable bonds is 5. The van der Waals surface area contributed by atoms with E-state index in [0.717, 1.165) is 57.8 Å². The second-order valence-corrected chi connectivity index (χ2v) is 9.04. The molecule has 1 aromatic rings. The smallest absolute Gasteiger partial charge is 0.240 e. The number of aryl methyl sites for hydroxylation is 1. The van der Waals surface area contributed by atoms with Crippen molar-refractivity contribution in [1.82, 2.24) is 14.5 Å². The van der Waals surface area contributed by atoms with Crippen molar-refractivity contribution in [2.75, 3.05) is 53.0 Å². The van der Waals surface area contributed by atoms with Gasteiger partial charge in [0.1, 0.15) is 0 Å². The zero-order valence-electron chi connectivity index (χ0n) is 15.2. The van der Waals surface area contributed by atoms with E-state index in [9.17, 15) is 8.42 Å². The van der Waals surface area contributed by atoms with Crippen LogP contribution in [0.25, 0.3) is 0 Å². The maximum Gasteiger partial charge on any atom is 0.240 e. The lowest BCUT2D eigenvalue weighted by atomic mass is 9.85. The molecule has 0 atom stereocenters. The van der Waals surface area contributed by atoms with Gasteiger partial charge in [0.05, 0.1) is 18.1 Å². The molecule has 0 spiro atoms. The first-order chi connectivity index (χ1) is 11.9. The number of hydrogen-bond acceptors (Lipinski definition) is 5. The minimum absolute atomic E-state index is 0.118. The standard InChI is InChI=1S/C18H29N3O3S/c1-16-4-3-5-17(14-16)25(22,23)19-15-18(6-8-20(2)9-7-18)21-10-12-24-13-11-21/h3-5,14,19H,6-13,15H2,1-2H3. The Labute approximate surface area is 151 Å². The van der Waals surface area contributed by atoms with Gasteiger partial charge in [0.15, 0.2) is 0 Å². The Morgan fingerprint density at radius 3 is 2.48 bits per heavy atom. The summed E-state index contributed by atoms with van der Waals surface area (Å²) < 4.78 is 33.9. The van der Waals surface area contributed by atoms with Gasteiger partial charge >= 0.3 is 0 Å². The van der Waals surface area contributed by atoms with Crippen LogP contribution < -0.4 is 4.72 Å². The number of benzene rings is 1. The number of nitrogens with one attached hydrogen (secondary N) is 1. The molecule has 0 aromatic heterocycles. The van der Waals surface area contributed by atoms with E-state index in [2.05, 4.69) is 21.6 Å². The monoisotopic (exact) mass is 367 g/mol. The number of likely N-dealkylation sites (tertiary alicyclic amines) is 1. The molecule has 2 aliphatic heterocycles. The molecule has 3 rings (SSSR count). The molecule has 2 aliphatic rings. The van der Waals surface area contributed by atoms with Gasteiger partial charge in [-0.05, 0) is 57.6 Å². The highest BCUT2D eigenvalue weighted by atomic mass is 32.2. The van der Waals surface area contributed by atoms with E-state index in [-0.39, 0.29) is 5.54 Å². The maximum absolute atomic E-state index is 12.8. The Bertz CT molecular complexity index is 679. The highest BCUT2D eigenvalue weighted by Gasteiger charge is 2.40. The summed E-state index contributed by atoms with van der Waals surface area (Å²) in [6.07, 6.45) is 1.94. The molecule has 1 N–H and O–H groups in total. The molecule has 7 heteroatoms. The average molecular weight is 368 g/mol. The van der Waals surface area contributed by atoms with Crippen molar-refractivity contribution in [2.45, 2.75) is 30.2 Å². The van der Waals surface area contributed by atoms with Crippen molar-refractivity contribution in [1.29, 1.82) is 0 Å². The molecular weight excluding hydrogens is 338 g/mol. The number of sulfonamides is 1. The van der Waals surface area contributed by atoms with Crippen LogP contribution in [0, 0.1) is 6.92 Å². The highest BCUT2D eigenvalue weighted by molar-refractivity contribution is 7.89. The molecule has 6 nitrogen and oxygen atoms in total. The van der Waals surface area contributed by atoms with Crippen molar-refractivity contribution in [3.05, 3.63) is 29.8 Å². The maximum atomic E-state index is 12.8. The molecule has 0 radical (unpaired) electrons. The Morgan fingerprint density at radius 2 is 1.84 bits per heavy atom. The van der Waals surface area contributed by atoms with Gasteiger partial charge in [-0.3, -0.25) is 4.90 Å². The molecule has 1 aromatic carbocycles. The molecule has 2 fully saturated rings. The van der Waals surface area contributed by atoms with Crippen LogP contribution in [0.5, 0.6) is 0 Å². The highest BCUT2D eigenvalue weighted by Crippen LogP contribution is 2.29. The van der Waals surface area contributed by atoms with Crippen LogP contribution in [-0.4, -0.2) is 76.7 Å². The van der Waals surface area contributed by atoms with Crippen LogP contribution in [-0.2, 0) is 14.8 Å². The lowest BCUT2D eigenvalue weighted by molar-refractivity contribution is -0.0427. The number of hydrogen-bond donors (Lipinski definition) is 1. The Hall–Kier alpha value is -0.990. The summed E-state index contributed by atoms with van der Waals surface area (Å²) in [5.41, 5.74) is 0.831. The Kier molecular flexibility index (Phi) is 5.80. The van der Waals surface area contributed by atoms with Gasteiger partial charge in [0.2, 0.25) is 10.0 Å². The van der Waals surface area contributed by atoms with E-state index in [1.54, 1.807) is 18.2 Å². The van der Waals surface area contributed by atoms with Crippen LogP contribution >= 0.6 is 0 Å². The lowest BCUT2D eigenvalue weighted by Gasteiger charge is -2.49. The van der Waals surface area contributed by atoms with Gasteiger partial charge in [-0.2, -0.15) is 0 Å². The van der Waals surface area contributed by atoms with Crippen molar-refractivity contribution >= 4 is 10.0 Å². The van der Waals surface area contributed by atoms with Crippen molar-refractivity contribution in [3.8, 4) is 0 Å². The largest absolute Gasteiger partial charge is 0.379 e. The van der Waals surface area contributed by atoms with Gasteiger partial charge in [-0.25, -0.2) is 13.1 Å². The summed E-state index contributed by atoms with van der Waals surface area (Å²) in [6.45, 7) is 7.53. The third kappa shape index (κ3) is 4.41. The van der Waals surface area contributed by atoms with E-state index >= 15 is 0 Å². The Morgan fingerprint density at radius 1 is 1.16 bits per heavy atom. The summed E-state index contributed by atoms with van der Waals surface area (Å²) in [5, 5.41) is 0. The van der Waals surface area contributed by atoms with Crippen LogP contribution in [0.4, 0.5) is 0 Å². The summed E-state index contributed by atoms with van der Waals surface area (Å²) in [5.74, 6) is 0. The van der Waals surface area contributed by atoms with Crippen LogP contribution in [0.15, 0.2) is 29.2 Å². The quantitative estimate of drug-likeness (QED) is 0.844. The fourth-order valence-electron chi connectivity index (χ4n) is 3.77. The number of ether oxygens (including phenoxy) is 1. The second kappa shape index (κ2) is 7.72. The Balaban J connectivity index is 1.76. The molecule has 0 bridgehead atoms. The van der Waals surface area contributed by atoms with Gasteiger partial charge in [-0.1, -0.05) is 12.1 Å². The van der Waals surface area contributed by atoms with E-state index in [0.29, 0.717) is 11.4 Å². The van der Waals surface area contributed by atoms with E-state index < -0.39 is 10.0 Å². The first-order valence-electron chi connectivity index (χ1n) is 8.99. The van der Waals surface area contributed by atoms with Gasteiger partial charge in [-0.15, -0.1) is 0 Å². The van der Waals surface area contributed by atoms with Gasteiger partial charge in [0, 0.05) is 25.2 Å². The molecule has 0 aliphatic carbocycles. The van der Waals surface area contributed by atoms with Crippen LogP contribution in [0.2, 0.25) is 0 Å². The summed E-state index contributed by atoms with van der Waals surface area (Å²) in [7, 11) is -1.37. The fraction of sp³-hybridized carbons (Fsp3) is 0.667. The minimum Gasteiger partial charge on any atom is -0.379 e. The van der Waals surface area contributed by atoms with Gasteiger partial charge < -0.3 is 9.64 Å².